The first-order valence-electron chi connectivity index (χ1n) is 5.64. The predicted molar refractivity (Wildman–Crippen MR) is 72.3 cm³/mol. The topological polar surface area (TPSA) is 47.3 Å². The van der Waals surface area contributed by atoms with Gasteiger partial charge in [0.15, 0.2) is 0 Å². The van der Waals surface area contributed by atoms with E-state index >= 15 is 0 Å². The molecule has 1 aromatic carbocycles. The molecular formula is C13H15BrN2O2. The van der Waals surface area contributed by atoms with Crippen molar-refractivity contribution in [2.75, 3.05) is 0 Å². The van der Waals surface area contributed by atoms with E-state index in [9.17, 15) is 5.11 Å². The molecular weight excluding hydrogens is 296 g/mol. The third-order valence-corrected chi connectivity index (χ3v) is 3.07. The van der Waals surface area contributed by atoms with Crippen molar-refractivity contribution in [1.82, 2.24) is 9.78 Å². The molecule has 1 aromatic heterocycles. The van der Waals surface area contributed by atoms with Crippen LogP contribution in [0.3, 0.4) is 0 Å². The minimum absolute atomic E-state index is 0.440. The van der Waals surface area contributed by atoms with Gasteiger partial charge in [0.25, 0.3) is 0 Å². The molecule has 1 heterocycles. The van der Waals surface area contributed by atoms with Gasteiger partial charge in [-0.25, -0.2) is 0 Å². The number of halogens is 1. The van der Waals surface area contributed by atoms with Gasteiger partial charge in [0.1, 0.15) is 12.4 Å². The van der Waals surface area contributed by atoms with Crippen molar-refractivity contribution in [1.29, 1.82) is 0 Å². The van der Waals surface area contributed by atoms with Crippen molar-refractivity contribution < 1.29 is 9.84 Å². The Morgan fingerprint density at radius 2 is 2.28 bits per heavy atom. The molecule has 0 aliphatic heterocycles. The third-order valence-electron chi connectivity index (χ3n) is 2.57. The minimum atomic E-state index is -0.564. The molecule has 1 atom stereocenters. The van der Waals surface area contributed by atoms with Gasteiger partial charge < -0.3 is 9.84 Å². The highest BCUT2D eigenvalue weighted by Crippen LogP contribution is 2.29. The van der Waals surface area contributed by atoms with Crippen LogP contribution in [0.2, 0.25) is 0 Å². The molecule has 1 unspecified atom stereocenters. The Balaban J connectivity index is 2.13. The van der Waals surface area contributed by atoms with Gasteiger partial charge in [-0.2, -0.15) is 5.10 Å². The molecule has 0 amide bonds. The van der Waals surface area contributed by atoms with E-state index in [1.807, 2.05) is 31.4 Å². The zero-order chi connectivity index (χ0) is 13.1. The van der Waals surface area contributed by atoms with Gasteiger partial charge in [-0.15, -0.1) is 0 Å². The van der Waals surface area contributed by atoms with E-state index in [0.29, 0.717) is 12.4 Å². The SMILES string of the molecule is CC(O)c1cc(Br)ccc1OCc1cnn(C)c1. The summed E-state index contributed by atoms with van der Waals surface area (Å²) in [5, 5.41) is 13.8. The number of aliphatic hydroxyl groups is 1. The summed E-state index contributed by atoms with van der Waals surface area (Å²) in [5.74, 6) is 0.692. The van der Waals surface area contributed by atoms with Crippen molar-refractivity contribution in [2.24, 2.45) is 7.05 Å². The quantitative estimate of drug-likeness (QED) is 0.944. The zero-order valence-electron chi connectivity index (χ0n) is 10.3. The highest BCUT2D eigenvalue weighted by Gasteiger charge is 2.10. The standard InChI is InChI=1S/C13H15BrN2O2/c1-9(17)12-5-11(14)3-4-13(12)18-8-10-6-15-16(2)7-10/h3-7,9,17H,8H2,1-2H3. The molecule has 0 fully saturated rings. The van der Waals surface area contributed by atoms with E-state index in [0.717, 1.165) is 15.6 Å². The second kappa shape index (κ2) is 5.54. The lowest BCUT2D eigenvalue weighted by Gasteiger charge is -2.13. The fraction of sp³-hybridized carbons (Fsp3) is 0.308. The Morgan fingerprint density at radius 1 is 1.50 bits per heavy atom. The van der Waals surface area contributed by atoms with Gasteiger partial charge in [-0.05, 0) is 25.1 Å². The zero-order valence-corrected chi connectivity index (χ0v) is 11.9. The summed E-state index contributed by atoms with van der Waals surface area (Å²) >= 11 is 3.38. The number of rotatable bonds is 4. The Kier molecular flexibility index (Phi) is 4.04. The Morgan fingerprint density at radius 3 is 2.89 bits per heavy atom. The van der Waals surface area contributed by atoms with E-state index in [1.165, 1.54) is 0 Å². The molecule has 0 aliphatic rings. The molecule has 0 saturated carbocycles. The number of aryl methyl sites for hydroxylation is 1. The van der Waals surface area contributed by atoms with Crippen molar-refractivity contribution in [2.45, 2.75) is 19.6 Å². The number of aliphatic hydroxyl groups excluding tert-OH is 1. The molecule has 18 heavy (non-hydrogen) atoms. The van der Waals surface area contributed by atoms with Crippen molar-refractivity contribution >= 4 is 15.9 Å². The molecule has 2 rings (SSSR count). The lowest BCUT2D eigenvalue weighted by molar-refractivity contribution is 0.190. The molecule has 0 radical (unpaired) electrons. The normalized spacial score (nSPS) is 12.4. The fourth-order valence-corrected chi connectivity index (χ4v) is 2.06. The van der Waals surface area contributed by atoms with Crippen LogP contribution in [0.25, 0.3) is 0 Å². The molecule has 0 aliphatic carbocycles. The van der Waals surface area contributed by atoms with Crippen LogP contribution in [-0.2, 0) is 13.7 Å². The second-order valence-corrected chi connectivity index (χ2v) is 5.08. The van der Waals surface area contributed by atoms with Gasteiger partial charge in [0, 0.05) is 28.8 Å². The van der Waals surface area contributed by atoms with Gasteiger partial charge in [0.05, 0.1) is 12.3 Å². The number of nitrogens with zero attached hydrogens (tertiary/aromatic N) is 2. The second-order valence-electron chi connectivity index (χ2n) is 4.17. The van der Waals surface area contributed by atoms with E-state index in [4.69, 9.17) is 4.74 Å². The molecule has 0 saturated heterocycles. The maximum absolute atomic E-state index is 9.71. The highest BCUT2D eigenvalue weighted by atomic mass is 79.9. The fourth-order valence-electron chi connectivity index (χ4n) is 1.68. The average Bonchev–Trinajstić information content (AvgIpc) is 2.73. The van der Waals surface area contributed by atoms with E-state index in [1.54, 1.807) is 17.8 Å². The van der Waals surface area contributed by atoms with Crippen LogP contribution in [-0.4, -0.2) is 14.9 Å². The first-order chi connectivity index (χ1) is 8.56. The summed E-state index contributed by atoms with van der Waals surface area (Å²) in [4.78, 5) is 0. The van der Waals surface area contributed by atoms with Crippen LogP contribution in [0.15, 0.2) is 35.1 Å². The Bertz CT molecular complexity index is 538. The monoisotopic (exact) mass is 310 g/mol. The molecule has 5 heteroatoms. The van der Waals surface area contributed by atoms with Crippen LogP contribution >= 0.6 is 15.9 Å². The number of hydrogen-bond donors (Lipinski definition) is 1. The molecule has 0 bridgehead atoms. The number of ether oxygens (including phenoxy) is 1. The van der Waals surface area contributed by atoms with Gasteiger partial charge >= 0.3 is 0 Å². The molecule has 1 N–H and O–H groups in total. The van der Waals surface area contributed by atoms with E-state index in [-0.39, 0.29) is 0 Å². The number of aromatic nitrogens is 2. The van der Waals surface area contributed by atoms with Crippen LogP contribution in [0, 0.1) is 0 Å². The van der Waals surface area contributed by atoms with Gasteiger partial charge in [0.2, 0.25) is 0 Å². The van der Waals surface area contributed by atoms with Crippen molar-refractivity contribution in [3.63, 3.8) is 0 Å². The van der Waals surface area contributed by atoms with Crippen LogP contribution in [0.5, 0.6) is 5.75 Å². The first kappa shape index (κ1) is 13.1. The van der Waals surface area contributed by atoms with Crippen LogP contribution in [0.4, 0.5) is 0 Å². The summed E-state index contributed by atoms with van der Waals surface area (Å²) in [7, 11) is 1.87. The Labute approximate surface area is 114 Å². The average molecular weight is 311 g/mol. The Hall–Kier alpha value is -1.33. The summed E-state index contributed by atoms with van der Waals surface area (Å²) in [6, 6.07) is 5.61. The summed E-state index contributed by atoms with van der Waals surface area (Å²) in [5.41, 5.74) is 1.77. The largest absolute Gasteiger partial charge is 0.488 e. The van der Waals surface area contributed by atoms with Crippen molar-refractivity contribution in [3.05, 3.63) is 46.2 Å². The minimum Gasteiger partial charge on any atom is -0.488 e. The highest BCUT2D eigenvalue weighted by molar-refractivity contribution is 9.10. The lowest BCUT2D eigenvalue weighted by Crippen LogP contribution is -2.00. The van der Waals surface area contributed by atoms with Gasteiger partial charge in [-0.3, -0.25) is 4.68 Å². The lowest BCUT2D eigenvalue weighted by atomic mass is 10.1. The first-order valence-corrected chi connectivity index (χ1v) is 6.43. The summed E-state index contributed by atoms with van der Waals surface area (Å²) < 4.78 is 8.37. The maximum atomic E-state index is 9.71. The molecule has 0 spiro atoms. The predicted octanol–water partition coefficient (Wildman–Crippen LogP) is 2.81. The number of hydrogen-bond acceptors (Lipinski definition) is 3. The summed E-state index contributed by atoms with van der Waals surface area (Å²) in [6.45, 7) is 2.16. The van der Waals surface area contributed by atoms with Gasteiger partial charge in [-0.1, -0.05) is 15.9 Å². The molecule has 96 valence electrons. The van der Waals surface area contributed by atoms with E-state index in [2.05, 4.69) is 21.0 Å². The number of benzene rings is 1. The smallest absolute Gasteiger partial charge is 0.125 e. The van der Waals surface area contributed by atoms with Crippen molar-refractivity contribution in [3.8, 4) is 5.75 Å². The van der Waals surface area contributed by atoms with E-state index < -0.39 is 6.10 Å². The summed E-state index contributed by atoms with van der Waals surface area (Å²) in [6.07, 6.45) is 3.10. The third kappa shape index (κ3) is 3.11. The van der Waals surface area contributed by atoms with Crippen LogP contribution in [0.1, 0.15) is 24.2 Å². The van der Waals surface area contributed by atoms with Crippen LogP contribution < -0.4 is 4.74 Å². The maximum Gasteiger partial charge on any atom is 0.125 e. The molecule has 2 aromatic rings. The molecule has 4 nitrogen and oxygen atoms in total.